The summed E-state index contributed by atoms with van der Waals surface area (Å²) in [5.41, 5.74) is 11.9. The van der Waals surface area contributed by atoms with E-state index in [4.69, 9.17) is 5.73 Å². The number of benzene rings is 2. The molecule has 1 atom stereocenters. The predicted molar refractivity (Wildman–Crippen MR) is 123 cm³/mol. The van der Waals surface area contributed by atoms with Gasteiger partial charge in [0.1, 0.15) is 17.2 Å². The summed E-state index contributed by atoms with van der Waals surface area (Å²) in [4.78, 5) is 33.5. The van der Waals surface area contributed by atoms with Crippen molar-refractivity contribution in [2.45, 2.75) is 46.2 Å². The van der Waals surface area contributed by atoms with Crippen molar-refractivity contribution in [1.29, 1.82) is 0 Å². The molecule has 33 heavy (non-hydrogen) atoms. The fraction of sp³-hybridized carbons (Fsp3) is 0.280. The van der Waals surface area contributed by atoms with Gasteiger partial charge in [-0.25, -0.2) is 14.4 Å². The molecule has 1 heterocycles. The summed E-state index contributed by atoms with van der Waals surface area (Å²) in [6.07, 6.45) is 1.70. The van der Waals surface area contributed by atoms with E-state index >= 15 is 0 Å². The van der Waals surface area contributed by atoms with Crippen LogP contribution in [0.3, 0.4) is 0 Å². The lowest BCUT2D eigenvalue weighted by Crippen LogP contribution is -2.30. The van der Waals surface area contributed by atoms with Gasteiger partial charge in [0.2, 0.25) is 5.95 Å². The Labute approximate surface area is 191 Å². The van der Waals surface area contributed by atoms with Crippen LogP contribution in [-0.2, 0) is 13.0 Å². The number of aromatic nitrogens is 2. The summed E-state index contributed by atoms with van der Waals surface area (Å²) in [5.74, 6) is -1.39. The normalized spacial score (nSPS) is 14.6. The number of amides is 2. The smallest absolute Gasteiger partial charge is 0.270 e. The maximum absolute atomic E-state index is 13.4. The molecule has 2 aromatic carbocycles. The maximum atomic E-state index is 13.4. The Balaban J connectivity index is 1.47. The average molecular weight is 448 g/mol. The van der Waals surface area contributed by atoms with Crippen LogP contribution in [0.5, 0.6) is 0 Å². The van der Waals surface area contributed by atoms with Crippen LogP contribution in [0.4, 0.5) is 10.3 Å². The van der Waals surface area contributed by atoms with E-state index in [-0.39, 0.29) is 35.7 Å². The van der Waals surface area contributed by atoms with Crippen molar-refractivity contribution in [3.05, 3.63) is 87.0 Å². The van der Waals surface area contributed by atoms with Crippen molar-refractivity contribution in [2.75, 3.05) is 5.73 Å². The van der Waals surface area contributed by atoms with Gasteiger partial charge in [0, 0.05) is 12.6 Å². The molecule has 0 radical (unpaired) electrons. The van der Waals surface area contributed by atoms with Crippen LogP contribution in [0, 0.1) is 26.6 Å². The number of hydrogen-bond donors (Lipinski definition) is 3. The largest absolute Gasteiger partial charge is 0.368 e. The Bertz CT molecular complexity index is 1260. The molecular formula is C25H26FN5O2. The fourth-order valence-electron chi connectivity index (χ4n) is 4.17. The van der Waals surface area contributed by atoms with E-state index in [2.05, 4.69) is 46.6 Å². The van der Waals surface area contributed by atoms with Crippen molar-refractivity contribution in [1.82, 2.24) is 20.6 Å². The summed E-state index contributed by atoms with van der Waals surface area (Å²) in [7, 11) is 0. The Morgan fingerprint density at radius 2 is 1.76 bits per heavy atom. The minimum atomic E-state index is -0.502. The number of nitrogens with one attached hydrogen (secondary N) is 2. The second-order valence-electron chi connectivity index (χ2n) is 8.40. The van der Waals surface area contributed by atoms with Crippen LogP contribution < -0.4 is 16.4 Å². The molecule has 3 aromatic rings. The van der Waals surface area contributed by atoms with Crippen LogP contribution in [0.2, 0.25) is 0 Å². The van der Waals surface area contributed by atoms with Gasteiger partial charge in [-0.15, -0.1) is 0 Å². The minimum absolute atomic E-state index is 0.00947. The second kappa shape index (κ2) is 8.97. The molecule has 0 aliphatic heterocycles. The molecule has 1 aromatic heterocycles. The SMILES string of the molecule is Cc1cc(CNC(=O)c2cc(C(=O)N[C@H]3CCc4c3ccc(C)c4C)nc(N)n2)ccc1F. The zero-order valence-corrected chi connectivity index (χ0v) is 18.8. The molecular weight excluding hydrogens is 421 g/mol. The van der Waals surface area contributed by atoms with E-state index < -0.39 is 11.8 Å². The molecule has 4 N–H and O–H groups in total. The van der Waals surface area contributed by atoms with Crippen molar-refractivity contribution >= 4 is 17.8 Å². The first-order chi connectivity index (χ1) is 15.7. The molecule has 0 spiro atoms. The highest BCUT2D eigenvalue weighted by atomic mass is 19.1. The standard InChI is InChI=1S/C25H26FN5O2/c1-13-4-6-18-17(15(13)3)7-9-20(18)29-24(33)22-11-21(30-25(27)31-22)23(32)28-12-16-5-8-19(26)14(2)10-16/h4-6,8,10-11,20H,7,9,12H2,1-3H3,(H,28,32)(H,29,33)(H2,27,30,31)/t20-/m0/s1. The molecule has 8 heteroatoms. The minimum Gasteiger partial charge on any atom is -0.368 e. The summed E-state index contributed by atoms with van der Waals surface area (Å²) >= 11 is 0. The lowest BCUT2D eigenvalue weighted by atomic mass is 9.99. The quantitative estimate of drug-likeness (QED) is 0.555. The van der Waals surface area contributed by atoms with Crippen molar-refractivity contribution in [2.24, 2.45) is 0 Å². The van der Waals surface area contributed by atoms with E-state index in [1.165, 1.54) is 28.8 Å². The summed E-state index contributed by atoms with van der Waals surface area (Å²) in [6.45, 7) is 6.02. The number of fused-ring (bicyclic) bond motifs is 1. The Kier molecular flexibility index (Phi) is 6.09. The van der Waals surface area contributed by atoms with Gasteiger partial charge in [-0.05, 0) is 73.1 Å². The van der Waals surface area contributed by atoms with Gasteiger partial charge in [-0.3, -0.25) is 9.59 Å². The van der Waals surface area contributed by atoms with E-state index in [1.54, 1.807) is 19.1 Å². The molecule has 0 fully saturated rings. The van der Waals surface area contributed by atoms with Crippen LogP contribution in [-0.4, -0.2) is 21.8 Å². The van der Waals surface area contributed by atoms with Crippen molar-refractivity contribution in [3.63, 3.8) is 0 Å². The molecule has 4 rings (SSSR count). The number of anilines is 1. The van der Waals surface area contributed by atoms with E-state index in [1.807, 2.05) is 0 Å². The summed E-state index contributed by atoms with van der Waals surface area (Å²) in [5, 5.41) is 5.72. The maximum Gasteiger partial charge on any atom is 0.270 e. The number of rotatable bonds is 5. The second-order valence-corrected chi connectivity index (χ2v) is 8.40. The average Bonchev–Trinajstić information content (AvgIpc) is 3.19. The molecule has 7 nitrogen and oxygen atoms in total. The molecule has 0 saturated carbocycles. The van der Waals surface area contributed by atoms with E-state index in [0.29, 0.717) is 5.56 Å². The first-order valence-corrected chi connectivity index (χ1v) is 10.8. The van der Waals surface area contributed by atoms with Gasteiger partial charge in [0.25, 0.3) is 11.8 Å². The molecule has 2 amide bonds. The van der Waals surface area contributed by atoms with Gasteiger partial charge < -0.3 is 16.4 Å². The lowest BCUT2D eigenvalue weighted by Gasteiger charge is -2.15. The van der Waals surface area contributed by atoms with E-state index in [0.717, 1.165) is 24.0 Å². The number of nitrogen functional groups attached to an aromatic ring is 1. The van der Waals surface area contributed by atoms with Crippen LogP contribution in [0.25, 0.3) is 0 Å². The highest BCUT2D eigenvalue weighted by Crippen LogP contribution is 2.34. The van der Waals surface area contributed by atoms with Crippen molar-refractivity contribution < 1.29 is 14.0 Å². The molecule has 0 unspecified atom stereocenters. The zero-order valence-electron chi connectivity index (χ0n) is 18.8. The number of aryl methyl sites for hydroxylation is 2. The number of nitrogens with two attached hydrogens (primary N) is 1. The first-order valence-electron chi connectivity index (χ1n) is 10.8. The van der Waals surface area contributed by atoms with Gasteiger partial charge >= 0.3 is 0 Å². The topological polar surface area (TPSA) is 110 Å². The monoisotopic (exact) mass is 447 g/mol. The number of carbonyl (C=O) groups is 2. The Morgan fingerprint density at radius 1 is 1.03 bits per heavy atom. The van der Waals surface area contributed by atoms with Gasteiger partial charge in [-0.1, -0.05) is 24.3 Å². The highest BCUT2D eigenvalue weighted by molar-refractivity contribution is 5.97. The summed E-state index contributed by atoms with van der Waals surface area (Å²) < 4.78 is 13.4. The number of hydrogen-bond acceptors (Lipinski definition) is 5. The van der Waals surface area contributed by atoms with Crippen LogP contribution >= 0.6 is 0 Å². The fourth-order valence-corrected chi connectivity index (χ4v) is 4.17. The highest BCUT2D eigenvalue weighted by Gasteiger charge is 2.27. The Morgan fingerprint density at radius 3 is 2.48 bits per heavy atom. The third kappa shape index (κ3) is 4.69. The number of carbonyl (C=O) groups excluding carboxylic acids is 2. The van der Waals surface area contributed by atoms with E-state index in [9.17, 15) is 14.0 Å². The summed E-state index contributed by atoms with van der Waals surface area (Å²) in [6, 6.07) is 9.93. The lowest BCUT2D eigenvalue weighted by molar-refractivity contribution is 0.0931. The molecule has 0 saturated heterocycles. The third-order valence-electron chi connectivity index (χ3n) is 6.15. The molecule has 1 aliphatic carbocycles. The number of halogens is 1. The predicted octanol–water partition coefficient (Wildman–Crippen LogP) is 3.47. The van der Waals surface area contributed by atoms with Crippen LogP contribution in [0.1, 0.15) is 66.8 Å². The molecule has 1 aliphatic rings. The van der Waals surface area contributed by atoms with Crippen molar-refractivity contribution in [3.8, 4) is 0 Å². The van der Waals surface area contributed by atoms with Gasteiger partial charge in [0.15, 0.2) is 0 Å². The molecule has 170 valence electrons. The zero-order chi connectivity index (χ0) is 23.7. The third-order valence-corrected chi connectivity index (χ3v) is 6.15. The Hall–Kier alpha value is -3.81. The van der Waals surface area contributed by atoms with Crippen LogP contribution in [0.15, 0.2) is 36.4 Å². The van der Waals surface area contributed by atoms with Gasteiger partial charge in [0.05, 0.1) is 6.04 Å². The number of nitrogens with zero attached hydrogens (tertiary/aromatic N) is 2. The first kappa shape index (κ1) is 22.4. The molecule has 0 bridgehead atoms. The van der Waals surface area contributed by atoms with Gasteiger partial charge in [-0.2, -0.15) is 0 Å².